The molecule has 29 heavy (non-hydrogen) atoms. The van der Waals surface area contributed by atoms with Crippen molar-refractivity contribution in [3.8, 4) is 16.9 Å². The van der Waals surface area contributed by atoms with Gasteiger partial charge in [-0.15, -0.1) is 0 Å². The quantitative estimate of drug-likeness (QED) is 0.309. The topological polar surface area (TPSA) is 9.23 Å². The number of hydrogen-bond acceptors (Lipinski definition) is 1. The predicted octanol–water partition coefficient (Wildman–Crippen LogP) is 8.51. The Morgan fingerprint density at radius 3 is 2.03 bits per heavy atom. The van der Waals surface area contributed by atoms with Gasteiger partial charge in [-0.2, -0.15) is 4.39 Å². The van der Waals surface area contributed by atoms with Gasteiger partial charge in [0, 0.05) is 11.1 Å². The van der Waals surface area contributed by atoms with Crippen LogP contribution in [0.4, 0.5) is 13.2 Å². The Hall–Kier alpha value is -1.68. The van der Waals surface area contributed by atoms with Crippen LogP contribution in [-0.4, -0.2) is 6.61 Å². The second-order valence-corrected chi connectivity index (χ2v) is 7.74. The Bertz CT molecular complexity index is 792. The minimum absolute atomic E-state index is 0.0185. The number of aryl methyl sites for hydroxylation is 1. The molecule has 0 aliphatic carbocycles. The molecular weight excluding hydrogens is 397 g/mol. The normalized spacial score (nSPS) is 11.1. The highest BCUT2D eigenvalue weighted by molar-refractivity contribution is 6.31. The number of rotatable bonds is 12. The lowest BCUT2D eigenvalue weighted by Gasteiger charge is -2.13. The van der Waals surface area contributed by atoms with Crippen LogP contribution < -0.4 is 4.74 Å². The van der Waals surface area contributed by atoms with E-state index in [1.807, 2.05) is 0 Å². The average molecular weight is 427 g/mol. The van der Waals surface area contributed by atoms with Gasteiger partial charge in [-0.1, -0.05) is 76.1 Å². The lowest BCUT2D eigenvalue weighted by molar-refractivity contribution is 0.285. The van der Waals surface area contributed by atoms with Crippen LogP contribution in [0, 0.1) is 17.5 Å². The van der Waals surface area contributed by atoms with E-state index in [-0.39, 0.29) is 21.9 Å². The molecule has 5 heteroatoms. The van der Waals surface area contributed by atoms with Gasteiger partial charge in [0.15, 0.2) is 11.6 Å². The van der Waals surface area contributed by atoms with Gasteiger partial charge in [0.1, 0.15) is 5.82 Å². The van der Waals surface area contributed by atoms with Crippen molar-refractivity contribution in [2.24, 2.45) is 0 Å². The maximum atomic E-state index is 14.8. The lowest BCUT2D eigenvalue weighted by atomic mass is 9.99. The van der Waals surface area contributed by atoms with E-state index in [0.717, 1.165) is 51.4 Å². The zero-order valence-electron chi connectivity index (χ0n) is 17.3. The van der Waals surface area contributed by atoms with Crippen molar-refractivity contribution in [3.63, 3.8) is 0 Å². The number of benzene rings is 2. The summed E-state index contributed by atoms with van der Waals surface area (Å²) in [5.74, 6) is -3.09. The standard InChI is InChI=1S/C24H30ClF3O/c1-3-5-7-9-11-17-12-13-18(22(26)21(17)25)19-14-15-20(24(28)23(19)27)29-16-10-8-6-4-2/h12-15H,3-11,16H2,1-2H3. The fourth-order valence-corrected chi connectivity index (χ4v) is 3.55. The van der Waals surface area contributed by atoms with Crippen LogP contribution in [0.1, 0.15) is 70.8 Å². The van der Waals surface area contributed by atoms with E-state index < -0.39 is 17.5 Å². The van der Waals surface area contributed by atoms with Crippen LogP contribution in [0.15, 0.2) is 24.3 Å². The van der Waals surface area contributed by atoms with Gasteiger partial charge in [-0.05, 0) is 37.0 Å². The maximum absolute atomic E-state index is 14.8. The fourth-order valence-electron chi connectivity index (χ4n) is 3.29. The molecule has 0 bridgehead atoms. The van der Waals surface area contributed by atoms with Gasteiger partial charge in [0.25, 0.3) is 0 Å². The van der Waals surface area contributed by atoms with Gasteiger partial charge in [-0.3, -0.25) is 0 Å². The summed E-state index contributed by atoms with van der Waals surface area (Å²) in [6, 6.07) is 5.86. The molecular formula is C24H30ClF3O. The molecule has 0 unspecified atom stereocenters. The summed E-state index contributed by atoms with van der Waals surface area (Å²) in [6.07, 6.45) is 8.79. The summed E-state index contributed by atoms with van der Waals surface area (Å²) in [7, 11) is 0. The van der Waals surface area contributed by atoms with E-state index >= 15 is 0 Å². The first-order chi connectivity index (χ1) is 14.0. The molecule has 0 N–H and O–H groups in total. The molecule has 0 heterocycles. The minimum atomic E-state index is -1.12. The number of ether oxygens (including phenoxy) is 1. The van der Waals surface area contributed by atoms with Crippen LogP contribution in [0.5, 0.6) is 5.75 Å². The largest absolute Gasteiger partial charge is 0.490 e. The highest BCUT2D eigenvalue weighted by Crippen LogP contribution is 2.35. The smallest absolute Gasteiger partial charge is 0.201 e. The molecule has 1 nitrogen and oxygen atoms in total. The van der Waals surface area contributed by atoms with Gasteiger partial charge < -0.3 is 4.74 Å². The van der Waals surface area contributed by atoms with E-state index in [1.165, 1.54) is 18.2 Å². The third-order valence-corrected chi connectivity index (χ3v) is 5.46. The summed E-state index contributed by atoms with van der Waals surface area (Å²) in [5, 5.41) is -0.0185. The van der Waals surface area contributed by atoms with Crippen LogP contribution in [0.25, 0.3) is 11.1 Å². The Kier molecular flexibility index (Phi) is 9.86. The second-order valence-electron chi connectivity index (χ2n) is 7.36. The van der Waals surface area contributed by atoms with Crippen molar-refractivity contribution in [2.45, 2.75) is 71.6 Å². The van der Waals surface area contributed by atoms with Crippen molar-refractivity contribution in [1.82, 2.24) is 0 Å². The van der Waals surface area contributed by atoms with Crippen LogP contribution in [0.3, 0.4) is 0 Å². The molecule has 0 fully saturated rings. The first-order valence-corrected chi connectivity index (χ1v) is 11.0. The van der Waals surface area contributed by atoms with Crippen LogP contribution in [-0.2, 0) is 6.42 Å². The molecule has 0 aromatic heterocycles. The molecule has 160 valence electrons. The monoisotopic (exact) mass is 426 g/mol. The minimum Gasteiger partial charge on any atom is -0.490 e. The number of hydrogen-bond donors (Lipinski definition) is 0. The van der Waals surface area contributed by atoms with E-state index in [0.29, 0.717) is 18.6 Å². The number of halogens is 4. The summed E-state index contributed by atoms with van der Waals surface area (Å²) in [6.45, 7) is 4.54. The van der Waals surface area contributed by atoms with E-state index in [9.17, 15) is 13.2 Å². The fraction of sp³-hybridized carbons (Fsp3) is 0.500. The van der Waals surface area contributed by atoms with Gasteiger partial charge in [0.2, 0.25) is 5.82 Å². The summed E-state index contributed by atoms with van der Waals surface area (Å²) < 4.78 is 49.2. The summed E-state index contributed by atoms with van der Waals surface area (Å²) in [5.41, 5.74) is 0.493. The van der Waals surface area contributed by atoms with Crippen molar-refractivity contribution in [1.29, 1.82) is 0 Å². The highest BCUT2D eigenvalue weighted by Gasteiger charge is 2.20. The van der Waals surface area contributed by atoms with Crippen LogP contribution >= 0.6 is 11.6 Å². The Morgan fingerprint density at radius 1 is 0.724 bits per heavy atom. The van der Waals surface area contributed by atoms with Crippen molar-refractivity contribution in [3.05, 3.63) is 52.3 Å². The molecule has 0 atom stereocenters. The Balaban J connectivity index is 2.15. The van der Waals surface area contributed by atoms with Gasteiger partial charge in [0.05, 0.1) is 11.6 Å². The Morgan fingerprint density at radius 2 is 1.34 bits per heavy atom. The molecule has 0 amide bonds. The Labute approximate surface area is 177 Å². The molecule has 0 saturated heterocycles. The SMILES string of the molecule is CCCCCCOc1ccc(-c2ccc(CCCCCC)c(Cl)c2F)c(F)c1F. The zero-order chi connectivity index (χ0) is 21.2. The molecule has 2 aromatic carbocycles. The van der Waals surface area contributed by atoms with E-state index in [4.69, 9.17) is 16.3 Å². The molecule has 0 saturated carbocycles. The van der Waals surface area contributed by atoms with Gasteiger partial charge >= 0.3 is 0 Å². The molecule has 2 rings (SSSR count). The van der Waals surface area contributed by atoms with Crippen molar-refractivity contribution in [2.75, 3.05) is 6.61 Å². The molecule has 0 aliphatic heterocycles. The lowest BCUT2D eigenvalue weighted by Crippen LogP contribution is -2.02. The van der Waals surface area contributed by atoms with Crippen LogP contribution in [0.2, 0.25) is 5.02 Å². The summed E-state index contributed by atoms with van der Waals surface area (Å²) >= 11 is 6.18. The first kappa shape index (κ1) is 23.6. The third-order valence-electron chi connectivity index (χ3n) is 5.05. The average Bonchev–Trinajstić information content (AvgIpc) is 2.72. The zero-order valence-corrected chi connectivity index (χ0v) is 18.1. The van der Waals surface area contributed by atoms with Gasteiger partial charge in [-0.25, -0.2) is 8.78 Å². The van der Waals surface area contributed by atoms with Crippen molar-refractivity contribution < 1.29 is 17.9 Å². The first-order valence-electron chi connectivity index (χ1n) is 10.6. The molecule has 0 spiro atoms. The summed E-state index contributed by atoms with van der Waals surface area (Å²) in [4.78, 5) is 0. The van der Waals surface area contributed by atoms with E-state index in [2.05, 4.69) is 13.8 Å². The molecule has 2 aromatic rings. The third kappa shape index (κ3) is 6.40. The molecule has 0 aliphatic rings. The number of unbranched alkanes of at least 4 members (excludes halogenated alkanes) is 6. The predicted molar refractivity (Wildman–Crippen MR) is 114 cm³/mol. The maximum Gasteiger partial charge on any atom is 0.201 e. The second kappa shape index (κ2) is 12.1. The highest BCUT2D eigenvalue weighted by atomic mass is 35.5. The van der Waals surface area contributed by atoms with E-state index in [1.54, 1.807) is 6.07 Å². The molecule has 0 radical (unpaired) electrons. The van der Waals surface area contributed by atoms with Crippen molar-refractivity contribution >= 4 is 11.6 Å².